The van der Waals surface area contributed by atoms with E-state index in [0.717, 1.165) is 62.9 Å². The summed E-state index contributed by atoms with van der Waals surface area (Å²) in [5.74, 6) is 2.49. The fourth-order valence-corrected chi connectivity index (χ4v) is 2.63. The van der Waals surface area contributed by atoms with Crippen molar-refractivity contribution in [3.63, 3.8) is 0 Å². The minimum atomic E-state index is 0.373. The van der Waals surface area contributed by atoms with Crippen LogP contribution in [0.2, 0.25) is 0 Å². The highest BCUT2D eigenvalue weighted by Crippen LogP contribution is 2.13. The number of unbranched alkanes of at least 4 members (excludes halogenated alkanes) is 3. The van der Waals surface area contributed by atoms with E-state index in [-0.39, 0.29) is 0 Å². The van der Waals surface area contributed by atoms with Gasteiger partial charge in [0.2, 0.25) is 0 Å². The zero-order valence-corrected chi connectivity index (χ0v) is 16.5. The molecule has 1 atom stereocenters. The summed E-state index contributed by atoms with van der Waals surface area (Å²) < 4.78 is 21.4. The molecule has 0 saturated heterocycles. The zero-order valence-electron chi connectivity index (χ0n) is 14.7. The predicted molar refractivity (Wildman–Crippen MR) is 103 cm³/mol. The third-order valence-corrected chi connectivity index (χ3v) is 4.33. The molecule has 0 N–H and O–H groups in total. The van der Waals surface area contributed by atoms with Crippen molar-refractivity contribution in [1.29, 1.82) is 0 Å². The molecule has 0 aliphatic carbocycles. The van der Waals surface area contributed by atoms with Crippen molar-refractivity contribution in [3.05, 3.63) is 0 Å². The largest absolute Gasteiger partial charge is 0.355 e. The Morgan fingerprint density at radius 2 is 1.22 bits per heavy atom. The summed E-state index contributed by atoms with van der Waals surface area (Å²) in [7, 11) is 0. The lowest BCUT2D eigenvalue weighted by atomic mass is 10.0. The number of rotatable bonds is 19. The Morgan fingerprint density at radius 3 is 1.70 bits per heavy atom. The summed E-state index contributed by atoms with van der Waals surface area (Å²) >= 11 is 8.41. The maximum atomic E-state index is 5.48. The van der Waals surface area contributed by atoms with Crippen molar-refractivity contribution in [2.24, 2.45) is 5.92 Å². The minimum Gasteiger partial charge on any atom is -0.355 e. The van der Waals surface area contributed by atoms with Crippen molar-refractivity contribution in [3.8, 4) is 0 Å². The van der Waals surface area contributed by atoms with Crippen LogP contribution in [0, 0.1) is 5.92 Å². The molecule has 0 radical (unpaired) electrons. The first-order valence-electron chi connectivity index (χ1n) is 8.87. The quantitative estimate of drug-likeness (QED) is 0.204. The molecule has 0 fully saturated rings. The highest BCUT2D eigenvalue weighted by atomic mass is 32.1. The molecule has 4 nitrogen and oxygen atoms in total. The molecule has 0 aromatic rings. The Hall–Kier alpha value is 0.540. The topological polar surface area (TPSA) is 36.9 Å². The number of hydrogen-bond acceptors (Lipinski definition) is 6. The smallest absolute Gasteiger partial charge is 0.146 e. The fourth-order valence-electron chi connectivity index (χ4n) is 2.06. The first-order valence-corrected chi connectivity index (χ1v) is 10.1. The SMILES string of the molecule is CCC(CS)CCCCOCOCCCCCOCOCCS. The van der Waals surface area contributed by atoms with Crippen LogP contribution < -0.4 is 0 Å². The van der Waals surface area contributed by atoms with Gasteiger partial charge in [0.05, 0.1) is 6.61 Å². The van der Waals surface area contributed by atoms with Gasteiger partial charge in [0.1, 0.15) is 13.6 Å². The van der Waals surface area contributed by atoms with Crippen LogP contribution >= 0.6 is 25.3 Å². The van der Waals surface area contributed by atoms with Gasteiger partial charge in [-0.15, -0.1) is 0 Å². The van der Waals surface area contributed by atoms with E-state index in [0.29, 0.717) is 20.2 Å². The molecule has 140 valence electrons. The second kappa shape index (κ2) is 20.6. The third-order valence-electron chi connectivity index (χ3n) is 3.63. The number of hydrogen-bond donors (Lipinski definition) is 2. The monoisotopic (exact) mass is 368 g/mol. The van der Waals surface area contributed by atoms with Gasteiger partial charge in [-0.2, -0.15) is 25.3 Å². The van der Waals surface area contributed by atoms with E-state index >= 15 is 0 Å². The second-order valence-corrected chi connectivity index (χ2v) is 6.42. The summed E-state index contributed by atoms with van der Waals surface area (Å²) in [6.07, 6.45) is 8.00. The van der Waals surface area contributed by atoms with Gasteiger partial charge in [-0.25, -0.2) is 0 Å². The molecule has 0 rings (SSSR count). The van der Waals surface area contributed by atoms with E-state index < -0.39 is 0 Å². The molecule has 0 amide bonds. The second-order valence-electron chi connectivity index (χ2n) is 5.61. The first-order chi connectivity index (χ1) is 11.3. The van der Waals surface area contributed by atoms with Crippen LogP contribution in [-0.2, 0) is 18.9 Å². The lowest BCUT2D eigenvalue weighted by Crippen LogP contribution is -2.05. The molecule has 1 unspecified atom stereocenters. The molecule has 0 aromatic heterocycles. The lowest BCUT2D eigenvalue weighted by Gasteiger charge is -2.11. The standard InChI is InChI=1S/C17H36O4S2/c1-2-17(14-23)8-4-7-11-20-15-18-9-5-3-6-10-19-16-21-12-13-22/h17,22-23H,2-16H2,1H3. The maximum Gasteiger partial charge on any atom is 0.146 e. The van der Waals surface area contributed by atoms with Crippen LogP contribution in [0.5, 0.6) is 0 Å². The Bertz CT molecular complexity index is 217. The van der Waals surface area contributed by atoms with Crippen molar-refractivity contribution >= 4 is 25.3 Å². The highest BCUT2D eigenvalue weighted by Gasteiger charge is 2.02. The minimum absolute atomic E-state index is 0.373. The average molecular weight is 369 g/mol. The molecule has 0 spiro atoms. The summed E-state index contributed by atoms with van der Waals surface area (Å²) in [5, 5.41) is 0. The Morgan fingerprint density at radius 1 is 0.696 bits per heavy atom. The first kappa shape index (κ1) is 23.5. The molecule has 0 aromatic carbocycles. The van der Waals surface area contributed by atoms with E-state index in [1.807, 2.05) is 0 Å². The van der Waals surface area contributed by atoms with Crippen molar-refractivity contribution in [1.82, 2.24) is 0 Å². The molecule has 0 saturated carbocycles. The number of thiol groups is 2. The van der Waals surface area contributed by atoms with Gasteiger partial charge < -0.3 is 18.9 Å². The maximum absolute atomic E-state index is 5.48. The molecule has 0 bridgehead atoms. The normalized spacial score (nSPS) is 12.7. The highest BCUT2D eigenvalue weighted by molar-refractivity contribution is 7.80. The van der Waals surface area contributed by atoms with Gasteiger partial charge in [0.15, 0.2) is 0 Å². The van der Waals surface area contributed by atoms with E-state index in [9.17, 15) is 0 Å². The van der Waals surface area contributed by atoms with Crippen LogP contribution in [0.15, 0.2) is 0 Å². The van der Waals surface area contributed by atoms with Crippen molar-refractivity contribution < 1.29 is 18.9 Å². The summed E-state index contributed by atoms with van der Waals surface area (Å²) in [5.41, 5.74) is 0. The Balaban J connectivity index is 3.02. The molecule has 23 heavy (non-hydrogen) atoms. The fraction of sp³-hybridized carbons (Fsp3) is 1.00. The molecule has 0 aliphatic rings. The van der Waals surface area contributed by atoms with Gasteiger partial charge >= 0.3 is 0 Å². The van der Waals surface area contributed by atoms with E-state index in [1.165, 1.54) is 19.3 Å². The van der Waals surface area contributed by atoms with Gasteiger partial charge in [0, 0.05) is 25.6 Å². The van der Waals surface area contributed by atoms with Crippen LogP contribution in [0.3, 0.4) is 0 Å². The zero-order chi connectivity index (χ0) is 17.0. The summed E-state index contributed by atoms with van der Waals surface area (Å²) in [6.45, 7) is 5.96. The van der Waals surface area contributed by atoms with Crippen molar-refractivity contribution in [2.45, 2.75) is 51.9 Å². The van der Waals surface area contributed by atoms with Gasteiger partial charge in [0.25, 0.3) is 0 Å². The summed E-state index contributed by atoms with van der Waals surface area (Å²) in [4.78, 5) is 0. The third kappa shape index (κ3) is 18.7. The lowest BCUT2D eigenvalue weighted by molar-refractivity contribution is -0.0585. The molecular weight excluding hydrogens is 332 g/mol. The summed E-state index contributed by atoms with van der Waals surface area (Å²) in [6, 6.07) is 0. The number of ether oxygens (including phenoxy) is 4. The van der Waals surface area contributed by atoms with Gasteiger partial charge in [-0.1, -0.05) is 19.8 Å². The van der Waals surface area contributed by atoms with Crippen LogP contribution in [0.25, 0.3) is 0 Å². The predicted octanol–water partition coefficient (Wildman–Crippen LogP) is 4.19. The molecular formula is C17H36O4S2. The van der Waals surface area contributed by atoms with Crippen LogP contribution in [0.1, 0.15) is 51.9 Å². The van der Waals surface area contributed by atoms with E-state index in [2.05, 4.69) is 32.2 Å². The van der Waals surface area contributed by atoms with Crippen LogP contribution in [-0.4, -0.2) is 51.5 Å². The van der Waals surface area contributed by atoms with Gasteiger partial charge in [-0.05, 0) is 43.8 Å². The molecule has 0 aliphatic heterocycles. The average Bonchev–Trinajstić information content (AvgIpc) is 2.58. The van der Waals surface area contributed by atoms with Crippen molar-refractivity contribution in [2.75, 3.05) is 51.5 Å². The van der Waals surface area contributed by atoms with Gasteiger partial charge in [-0.3, -0.25) is 0 Å². The van der Waals surface area contributed by atoms with E-state index in [4.69, 9.17) is 18.9 Å². The Labute approximate surface area is 153 Å². The molecule has 0 heterocycles. The molecule has 6 heteroatoms. The van der Waals surface area contributed by atoms with Crippen LogP contribution in [0.4, 0.5) is 0 Å². The Kier molecular flexibility index (Phi) is 21.1. The van der Waals surface area contributed by atoms with E-state index in [1.54, 1.807) is 0 Å².